The van der Waals surface area contributed by atoms with Gasteiger partial charge in [-0.25, -0.2) is 0 Å². The fraction of sp³-hybridized carbons (Fsp3) is 0.600. The van der Waals surface area contributed by atoms with Crippen molar-refractivity contribution < 1.29 is 5.11 Å². The Hall–Kier alpha value is -0.540. The molecule has 0 spiro atoms. The summed E-state index contributed by atoms with van der Waals surface area (Å²) >= 11 is 3.47. The first-order valence-electron chi connectivity index (χ1n) is 6.82. The van der Waals surface area contributed by atoms with Crippen molar-refractivity contribution in [2.24, 2.45) is 5.41 Å². The summed E-state index contributed by atoms with van der Waals surface area (Å²) < 4.78 is 1.02. The molecule has 1 unspecified atom stereocenters. The van der Waals surface area contributed by atoms with Crippen LogP contribution in [0.4, 0.5) is 0 Å². The van der Waals surface area contributed by atoms with Crippen LogP contribution in [0.25, 0.3) is 0 Å². The summed E-state index contributed by atoms with van der Waals surface area (Å²) in [5.74, 6) is 0.388. The molecule has 1 aromatic carbocycles. The highest BCUT2D eigenvalue weighted by Crippen LogP contribution is 2.48. The molecule has 1 fully saturated rings. The number of hydrogen-bond donors (Lipinski definition) is 2. The van der Waals surface area contributed by atoms with Crippen LogP contribution < -0.4 is 5.32 Å². The van der Waals surface area contributed by atoms with Crippen molar-refractivity contribution in [2.75, 3.05) is 6.54 Å². The molecule has 0 radical (unpaired) electrons. The van der Waals surface area contributed by atoms with E-state index in [2.05, 4.69) is 35.1 Å². The molecule has 0 bridgehead atoms. The van der Waals surface area contributed by atoms with Crippen molar-refractivity contribution in [3.63, 3.8) is 0 Å². The lowest BCUT2D eigenvalue weighted by molar-refractivity contribution is 0.387. The van der Waals surface area contributed by atoms with E-state index in [1.807, 2.05) is 12.1 Å². The highest BCUT2D eigenvalue weighted by molar-refractivity contribution is 9.10. The van der Waals surface area contributed by atoms with E-state index in [1.54, 1.807) is 6.07 Å². The van der Waals surface area contributed by atoms with Gasteiger partial charge in [-0.2, -0.15) is 0 Å². The van der Waals surface area contributed by atoms with Crippen LogP contribution in [0.15, 0.2) is 22.7 Å². The summed E-state index contributed by atoms with van der Waals surface area (Å²) in [6, 6.07) is 5.89. The van der Waals surface area contributed by atoms with Gasteiger partial charge in [0, 0.05) is 22.6 Å². The molecule has 0 saturated heterocycles. The van der Waals surface area contributed by atoms with Crippen LogP contribution in [0.2, 0.25) is 0 Å². The average molecular weight is 312 g/mol. The number of hydrogen-bond acceptors (Lipinski definition) is 2. The molecule has 1 saturated carbocycles. The van der Waals surface area contributed by atoms with Gasteiger partial charge in [0.2, 0.25) is 0 Å². The number of benzene rings is 1. The summed E-state index contributed by atoms with van der Waals surface area (Å²) in [5.41, 5.74) is 1.54. The van der Waals surface area contributed by atoms with E-state index >= 15 is 0 Å². The van der Waals surface area contributed by atoms with Crippen molar-refractivity contribution in [2.45, 2.75) is 45.6 Å². The van der Waals surface area contributed by atoms with E-state index < -0.39 is 0 Å². The molecule has 2 N–H and O–H groups in total. The zero-order valence-electron chi connectivity index (χ0n) is 11.2. The van der Waals surface area contributed by atoms with Gasteiger partial charge in [0.25, 0.3) is 0 Å². The molecule has 1 aliphatic rings. The quantitative estimate of drug-likeness (QED) is 0.817. The van der Waals surface area contributed by atoms with Crippen LogP contribution in [0.3, 0.4) is 0 Å². The van der Waals surface area contributed by atoms with E-state index in [1.165, 1.54) is 19.3 Å². The SMILES string of the molecule is CCC(NCC1(CC)CC1)c1cc(Br)ccc1O. The topological polar surface area (TPSA) is 32.3 Å². The molecular formula is C15H22BrNO. The lowest BCUT2D eigenvalue weighted by atomic mass is 10.00. The van der Waals surface area contributed by atoms with E-state index in [0.29, 0.717) is 11.2 Å². The Labute approximate surface area is 118 Å². The Balaban J connectivity index is 2.05. The van der Waals surface area contributed by atoms with Crippen molar-refractivity contribution in [3.8, 4) is 5.75 Å². The predicted molar refractivity (Wildman–Crippen MR) is 78.8 cm³/mol. The van der Waals surface area contributed by atoms with Crippen LogP contribution in [0.5, 0.6) is 5.75 Å². The molecule has 2 nitrogen and oxygen atoms in total. The van der Waals surface area contributed by atoms with Crippen molar-refractivity contribution in [3.05, 3.63) is 28.2 Å². The maximum atomic E-state index is 9.98. The molecular weight excluding hydrogens is 290 g/mol. The maximum absolute atomic E-state index is 9.98. The fourth-order valence-corrected chi connectivity index (χ4v) is 2.83. The van der Waals surface area contributed by atoms with Gasteiger partial charge in [-0.05, 0) is 49.3 Å². The van der Waals surface area contributed by atoms with Gasteiger partial charge in [0.1, 0.15) is 5.75 Å². The highest BCUT2D eigenvalue weighted by atomic mass is 79.9. The van der Waals surface area contributed by atoms with Crippen LogP contribution in [-0.2, 0) is 0 Å². The highest BCUT2D eigenvalue weighted by Gasteiger charge is 2.40. The van der Waals surface area contributed by atoms with E-state index in [9.17, 15) is 5.11 Å². The van der Waals surface area contributed by atoms with Gasteiger partial charge in [0.05, 0.1) is 0 Å². The van der Waals surface area contributed by atoms with Crippen LogP contribution in [0, 0.1) is 5.41 Å². The molecule has 3 heteroatoms. The Morgan fingerprint density at radius 1 is 1.39 bits per heavy atom. The minimum atomic E-state index is 0.242. The third-order valence-corrected chi connectivity index (χ3v) is 4.70. The number of halogens is 1. The Kier molecular flexibility index (Phi) is 4.33. The molecule has 1 aromatic rings. The fourth-order valence-electron chi connectivity index (χ4n) is 2.45. The predicted octanol–water partition coefficient (Wildman–Crippen LogP) is 4.39. The monoisotopic (exact) mass is 311 g/mol. The number of phenols is 1. The first-order chi connectivity index (χ1) is 8.60. The van der Waals surface area contributed by atoms with Gasteiger partial charge >= 0.3 is 0 Å². The Morgan fingerprint density at radius 2 is 2.11 bits per heavy atom. The second-order valence-electron chi connectivity index (χ2n) is 5.40. The standard InChI is InChI=1S/C15H22BrNO/c1-3-13(17-10-15(4-2)7-8-15)12-9-11(16)5-6-14(12)18/h5-6,9,13,17-18H,3-4,7-8,10H2,1-2H3. The number of phenolic OH excluding ortho intramolecular Hbond substituents is 1. The Bertz CT molecular complexity index is 415. The summed E-state index contributed by atoms with van der Waals surface area (Å²) in [4.78, 5) is 0. The third-order valence-electron chi connectivity index (χ3n) is 4.20. The minimum absolute atomic E-state index is 0.242. The Morgan fingerprint density at radius 3 is 2.67 bits per heavy atom. The van der Waals surface area contributed by atoms with Gasteiger partial charge in [-0.1, -0.05) is 29.8 Å². The van der Waals surface area contributed by atoms with E-state index in [4.69, 9.17) is 0 Å². The normalized spacial score (nSPS) is 18.6. The second-order valence-corrected chi connectivity index (χ2v) is 6.31. The zero-order valence-corrected chi connectivity index (χ0v) is 12.8. The van der Waals surface area contributed by atoms with Crippen LogP contribution >= 0.6 is 15.9 Å². The van der Waals surface area contributed by atoms with Gasteiger partial charge in [-0.15, -0.1) is 0 Å². The molecule has 0 heterocycles. The average Bonchev–Trinajstić information content (AvgIpc) is 3.15. The summed E-state index contributed by atoms with van der Waals surface area (Å²) in [7, 11) is 0. The molecule has 0 amide bonds. The van der Waals surface area contributed by atoms with Crippen LogP contribution in [-0.4, -0.2) is 11.7 Å². The number of nitrogens with one attached hydrogen (secondary N) is 1. The minimum Gasteiger partial charge on any atom is -0.508 e. The largest absolute Gasteiger partial charge is 0.508 e. The van der Waals surface area contributed by atoms with Crippen molar-refractivity contribution >= 4 is 15.9 Å². The lowest BCUT2D eigenvalue weighted by Crippen LogP contribution is -2.27. The van der Waals surface area contributed by atoms with E-state index in [0.717, 1.165) is 23.0 Å². The molecule has 1 aliphatic carbocycles. The maximum Gasteiger partial charge on any atom is 0.120 e. The third kappa shape index (κ3) is 3.07. The first-order valence-corrected chi connectivity index (χ1v) is 7.61. The molecule has 1 atom stereocenters. The molecule has 0 aromatic heterocycles. The number of aromatic hydroxyl groups is 1. The van der Waals surface area contributed by atoms with Gasteiger partial charge in [-0.3, -0.25) is 0 Å². The van der Waals surface area contributed by atoms with Gasteiger partial charge in [0.15, 0.2) is 0 Å². The van der Waals surface area contributed by atoms with Crippen molar-refractivity contribution in [1.29, 1.82) is 0 Å². The first kappa shape index (κ1) is 13.9. The summed E-state index contributed by atoms with van der Waals surface area (Å²) in [6.45, 7) is 5.49. The molecule has 18 heavy (non-hydrogen) atoms. The summed E-state index contributed by atoms with van der Waals surface area (Å²) in [5, 5.41) is 13.6. The smallest absolute Gasteiger partial charge is 0.120 e. The van der Waals surface area contributed by atoms with E-state index in [-0.39, 0.29) is 6.04 Å². The van der Waals surface area contributed by atoms with Crippen molar-refractivity contribution in [1.82, 2.24) is 5.32 Å². The van der Waals surface area contributed by atoms with Gasteiger partial charge < -0.3 is 10.4 Å². The molecule has 0 aliphatic heterocycles. The zero-order chi connectivity index (χ0) is 13.2. The molecule has 100 valence electrons. The second kappa shape index (κ2) is 5.62. The number of rotatable bonds is 6. The lowest BCUT2D eigenvalue weighted by Gasteiger charge is -2.22. The van der Waals surface area contributed by atoms with Crippen LogP contribution in [0.1, 0.15) is 51.1 Å². The summed E-state index contributed by atoms with van der Waals surface area (Å²) in [6.07, 6.45) is 4.93. The molecule has 2 rings (SSSR count).